The molecular formula is C49H38N2. The maximum Gasteiger partial charge on any atom is 0.0624 e. The number of nitrogens with two attached hydrogens (primary N) is 1. The molecule has 0 heterocycles. The molecule has 0 fully saturated rings. The zero-order valence-corrected chi connectivity index (χ0v) is 28.6. The van der Waals surface area contributed by atoms with E-state index in [9.17, 15) is 0 Å². The first kappa shape index (κ1) is 31.6. The molecule has 0 unspecified atom stereocenters. The molecule has 51 heavy (non-hydrogen) atoms. The van der Waals surface area contributed by atoms with Crippen LogP contribution in [0.5, 0.6) is 0 Å². The second-order valence-electron chi connectivity index (χ2n) is 12.9. The molecular weight excluding hydrogens is 617 g/mol. The molecule has 0 aliphatic rings. The number of nitrogens with one attached hydrogen (secondary N) is 1. The lowest BCUT2D eigenvalue weighted by molar-refractivity contribution is 1.48. The maximum absolute atomic E-state index is 6.34. The SMILES string of the molecule is Cc1ccccc1.Nc1ccc(-c2ccc(-c3c4ccccc4c(-c4ccc5ccccc5c4)c4ccccc34)cc2)cc1Nc1ccccc1. The topological polar surface area (TPSA) is 38.0 Å². The average molecular weight is 655 g/mol. The first-order valence-electron chi connectivity index (χ1n) is 17.4. The van der Waals surface area contributed by atoms with Crippen molar-refractivity contribution in [2.24, 2.45) is 0 Å². The molecule has 9 aromatic carbocycles. The number of aryl methyl sites for hydroxylation is 1. The molecule has 0 saturated carbocycles. The summed E-state index contributed by atoms with van der Waals surface area (Å²) >= 11 is 0. The Morgan fingerprint density at radius 2 is 0.843 bits per heavy atom. The summed E-state index contributed by atoms with van der Waals surface area (Å²) in [6.07, 6.45) is 0. The van der Waals surface area contributed by atoms with Gasteiger partial charge in [-0.05, 0) is 103 Å². The van der Waals surface area contributed by atoms with Crippen molar-refractivity contribution in [3.8, 4) is 33.4 Å². The van der Waals surface area contributed by atoms with Crippen LogP contribution in [0.4, 0.5) is 17.1 Å². The van der Waals surface area contributed by atoms with Gasteiger partial charge >= 0.3 is 0 Å². The van der Waals surface area contributed by atoms with Gasteiger partial charge in [0.15, 0.2) is 0 Å². The Balaban J connectivity index is 0.000000480. The molecule has 0 amide bonds. The van der Waals surface area contributed by atoms with Crippen LogP contribution in [-0.4, -0.2) is 0 Å². The molecule has 0 atom stereocenters. The van der Waals surface area contributed by atoms with E-state index >= 15 is 0 Å². The third-order valence-electron chi connectivity index (χ3n) is 9.52. The molecule has 0 aliphatic carbocycles. The van der Waals surface area contributed by atoms with Crippen LogP contribution in [0.1, 0.15) is 5.56 Å². The average Bonchev–Trinajstić information content (AvgIpc) is 3.19. The van der Waals surface area contributed by atoms with Crippen molar-refractivity contribution in [2.75, 3.05) is 11.1 Å². The number of nitrogen functional groups attached to an aromatic ring is 1. The number of hydrogen-bond acceptors (Lipinski definition) is 2. The van der Waals surface area contributed by atoms with E-state index < -0.39 is 0 Å². The largest absolute Gasteiger partial charge is 0.397 e. The Morgan fingerprint density at radius 1 is 0.373 bits per heavy atom. The normalized spacial score (nSPS) is 10.9. The summed E-state index contributed by atoms with van der Waals surface area (Å²) in [5.74, 6) is 0. The van der Waals surface area contributed by atoms with Crippen LogP contribution in [-0.2, 0) is 0 Å². The minimum atomic E-state index is 0.721. The fraction of sp³-hybridized carbons (Fsp3) is 0.0204. The van der Waals surface area contributed by atoms with Crippen LogP contribution in [0.15, 0.2) is 194 Å². The second kappa shape index (κ2) is 14.1. The highest BCUT2D eigenvalue weighted by atomic mass is 14.9. The van der Waals surface area contributed by atoms with Gasteiger partial charge in [-0.15, -0.1) is 0 Å². The Morgan fingerprint density at radius 3 is 1.43 bits per heavy atom. The fourth-order valence-corrected chi connectivity index (χ4v) is 6.98. The zero-order chi connectivity index (χ0) is 34.6. The lowest BCUT2D eigenvalue weighted by atomic mass is 9.85. The maximum atomic E-state index is 6.34. The molecule has 3 N–H and O–H groups in total. The summed E-state index contributed by atoms with van der Waals surface area (Å²) in [5, 5.41) is 11.0. The predicted molar refractivity (Wildman–Crippen MR) is 221 cm³/mol. The molecule has 0 saturated heterocycles. The number of rotatable bonds is 5. The van der Waals surface area contributed by atoms with E-state index in [0.29, 0.717) is 0 Å². The fourth-order valence-electron chi connectivity index (χ4n) is 6.98. The highest BCUT2D eigenvalue weighted by Gasteiger charge is 2.17. The summed E-state index contributed by atoms with van der Waals surface area (Å²) in [7, 11) is 0. The van der Waals surface area contributed by atoms with Crippen LogP contribution < -0.4 is 11.1 Å². The summed E-state index contributed by atoms with van der Waals surface area (Å²) in [6, 6.07) is 68.6. The van der Waals surface area contributed by atoms with Gasteiger partial charge in [-0.3, -0.25) is 0 Å². The van der Waals surface area contributed by atoms with Crippen molar-refractivity contribution in [1.82, 2.24) is 0 Å². The van der Waals surface area contributed by atoms with Gasteiger partial charge in [0, 0.05) is 5.69 Å². The van der Waals surface area contributed by atoms with Crippen molar-refractivity contribution >= 4 is 49.4 Å². The molecule has 0 radical (unpaired) electrons. The molecule has 9 aromatic rings. The van der Waals surface area contributed by atoms with Crippen LogP contribution >= 0.6 is 0 Å². The van der Waals surface area contributed by atoms with Gasteiger partial charge in [0.1, 0.15) is 0 Å². The molecule has 2 nitrogen and oxygen atoms in total. The second-order valence-corrected chi connectivity index (χ2v) is 12.9. The van der Waals surface area contributed by atoms with E-state index in [1.165, 1.54) is 60.1 Å². The molecule has 9 rings (SSSR count). The van der Waals surface area contributed by atoms with Crippen LogP contribution in [0.2, 0.25) is 0 Å². The zero-order valence-electron chi connectivity index (χ0n) is 28.6. The Hall–Kier alpha value is -6.64. The van der Waals surface area contributed by atoms with E-state index in [-0.39, 0.29) is 0 Å². The Kier molecular flexibility index (Phi) is 8.72. The van der Waals surface area contributed by atoms with Gasteiger partial charge in [0.05, 0.1) is 11.4 Å². The van der Waals surface area contributed by atoms with Gasteiger partial charge in [0.25, 0.3) is 0 Å². The standard InChI is InChI=1S/C42H30N2.C7H8/c43-39-25-24-32(27-40(39)44-34-12-2-1-3-13-34)29-18-21-30(22-19-29)41-35-14-6-8-16-37(35)42(38-17-9-7-15-36(38)41)33-23-20-28-10-4-5-11-31(28)26-33;1-7-5-3-2-4-6-7/h1-27,44H,43H2;2-6H,1H3. The van der Waals surface area contributed by atoms with Gasteiger partial charge < -0.3 is 11.1 Å². The number of para-hydroxylation sites is 1. The number of anilines is 3. The van der Waals surface area contributed by atoms with Crippen molar-refractivity contribution in [1.29, 1.82) is 0 Å². The first-order chi connectivity index (χ1) is 25.1. The Bertz CT molecular complexity index is 2550. The molecule has 0 bridgehead atoms. The lowest BCUT2D eigenvalue weighted by Gasteiger charge is -2.18. The van der Waals surface area contributed by atoms with E-state index in [1.807, 2.05) is 54.6 Å². The lowest BCUT2D eigenvalue weighted by Crippen LogP contribution is -1.96. The van der Waals surface area contributed by atoms with E-state index in [0.717, 1.165) is 28.2 Å². The quantitative estimate of drug-likeness (QED) is 0.143. The molecule has 0 aromatic heterocycles. The van der Waals surface area contributed by atoms with E-state index in [4.69, 9.17) is 5.73 Å². The van der Waals surface area contributed by atoms with Crippen molar-refractivity contribution in [2.45, 2.75) is 6.92 Å². The summed E-state index contributed by atoms with van der Waals surface area (Å²) in [4.78, 5) is 0. The summed E-state index contributed by atoms with van der Waals surface area (Å²) < 4.78 is 0. The minimum Gasteiger partial charge on any atom is -0.397 e. The summed E-state index contributed by atoms with van der Waals surface area (Å²) in [5.41, 5.74) is 17.5. The molecule has 0 spiro atoms. The Labute approximate surface area is 299 Å². The van der Waals surface area contributed by atoms with Gasteiger partial charge in [-0.25, -0.2) is 0 Å². The van der Waals surface area contributed by atoms with Gasteiger partial charge in [-0.2, -0.15) is 0 Å². The van der Waals surface area contributed by atoms with Crippen molar-refractivity contribution < 1.29 is 0 Å². The van der Waals surface area contributed by atoms with E-state index in [2.05, 4.69) is 152 Å². The predicted octanol–water partition coefficient (Wildman–Crippen LogP) is 13.5. The minimum absolute atomic E-state index is 0.721. The monoisotopic (exact) mass is 654 g/mol. The van der Waals surface area contributed by atoms with Gasteiger partial charge in [0.2, 0.25) is 0 Å². The smallest absolute Gasteiger partial charge is 0.0624 e. The number of fused-ring (bicyclic) bond motifs is 3. The van der Waals surface area contributed by atoms with Crippen molar-refractivity contribution in [3.05, 3.63) is 200 Å². The highest BCUT2D eigenvalue weighted by Crippen LogP contribution is 2.44. The van der Waals surface area contributed by atoms with Gasteiger partial charge in [-0.1, -0.05) is 169 Å². The van der Waals surface area contributed by atoms with Crippen LogP contribution in [0, 0.1) is 6.92 Å². The number of benzene rings is 9. The third kappa shape index (κ3) is 6.56. The van der Waals surface area contributed by atoms with Crippen LogP contribution in [0.25, 0.3) is 65.7 Å². The molecule has 2 heteroatoms. The molecule has 0 aliphatic heterocycles. The third-order valence-corrected chi connectivity index (χ3v) is 9.52. The van der Waals surface area contributed by atoms with Crippen molar-refractivity contribution in [3.63, 3.8) is 0 Å². The number of hydrogen-bond donors (Lipinski definition) is 2. The first-order valence-corrected chi connectivity index (χ1v) is 17.4. The van der Waals surface area contributed by atoms with Crippen LogP contribution in [0.3, 0.4) is 0 Å². The summed E-state index contributed by atoms with van der Waals surface area (Å²) in [6.45, 7) is 2.08. The van der Waals surface area contributed by atoms with E-state index in [1.54, 1.807) is 0 Å². The highest BCUT2D eigenvalue weighted by molar-refractivity contribution is 6.21. The molecule has 244 valence electrons.